The van der Waals surface area contributed by atoms with Crippen LogP contribution in [0.3, 0.4) is 0 Å². The second kappa shape index (κ2) is 13.3. The van der Waals surface area contributed by atoms with Crippen LogP contribution in [0.5, 0.6) is 0 Å². The zero-order valence-electron chi connectivity index (χ0n) is 22.4. The molecule has 0 aromatic heterocycles. The van der Waals surface area contributed by atoms with E-state index in [-0.39, 0.29) is 23.4 Å². The van der Waals surface area contributed by atoms with Crippen molar-refractivity contribution in [2.45, 2.75) is 57.6 Å². The number of hydrogen-bond acceptors (Lipinski definition) is 4. The summed E-state index contributed by atoms with van der Waals surface area (Å²) in [5.41, 5.74) is 1.94. The Morgan fingerprint density at radius 1 is 0.923 bits per heavy atom. The Bertz CT molecular complexity index is 1400. The molecule has 10 heteroatoms. The minimum absolute atomic E-state index is 0.0346. The number of carbonyl (C=O) groups is 2. The third-order valence-corrected chi connectivity index (χ3v) is 8.61. The summed E-state index contributed by atoms with van der Waals surface area (Å²) in [5.74, 6) is -0.861. The smallest absolute Gasteiger partial charge is 0.264 e. The van der Waals surface area contributed by atoms with Gasteiger partial charge in [0, 0.05) is 12.6 Å². The van der Waals surface area contributed by atoms with Crippen LogP contribution in [0.25, 0.3) is 0 Å². The summed E-state index contributed by atoms with van der Waals surface area (Å²) < 4.78 is 28.6. The number of halogens is 2. The van der Waals surface area contributed by atoms with Gasteiger partial charge in [0.1, 0.15) is 12.6 Å². The standard InChI is InChI=1S/C29H33Cl2N3O4S/c1-5-27(29(36)32-20(2)3)33(18-22-13-16-25(30)26(31)17-22)28(35)19-34(23-14-11-21(4)12-15-23)39(37,38)24-9-7-6-8-10-24/h6-17,20,27H,5,18-19H2,1-4H3,(H,32,36). The second-order valence-electron chi connectivity index (χ2n) is 9.52. The molecule has 3 rings (SSSR count). The molecule has 7 nitrogen and oxygen atoms in total. The number of aryl methyl sites for hydroxylation is 1. The van der Waals surface area contributed by atoms with Crippen LogP contribution in [0, 0.1) is 6.92 Å². The molecule has 39 heavy (non-hydrogen) atoms. The van der Waals surface area contributed by atoms with Crippen LogP contribution in [0.2, 0.25) is 10.0 Å². The molecule has 1 unspecified atom stereocenters. The van der Waals surface area contributed by atoms with E-state index in [1.165, 1.54) is 17.0 Å². The zero-order valence-corrected chi connectivity index (χ0v) is 24.7. The number of nitrogens with one attached hydrogen (secondary N) is 1. The van der Waals surface area contributed by atoms with Gasteiger partial charge in [0.15, 0.2) is 0 Å². The summed E-state index contributed by atoms with van der Waals surface area (Å²) in [4.78, 5) is 28.6. The molecule has 1 N–H and O–H groups in total. The molecule has 0 aliphatic rings. The number of rotatable bonds is 11. The number of amides is 2. The van der Waals surface area contributed by atoms with Gasteiger partial charge in [-0.05, 0) is 69.2 Å². The van der Waals surface area contributed by atoms with Crippen LogP contribution in [0.1, 0.15) is 38.3 Å². The third kappa shape index (κ3) is 7.75. The Balaban J connectivity index is 2.06. The highest BCUT2D eigenvalue weighted by molar-refractivity contribution is 7.92. The van der Waals surface area contributed by atoms with E-state index in [0.29, 0.717) is 27.7 Å². The minimum atomic E-state index is -4.11. The highest BCUT2D eigenvalue weighted by Crippen LogP contribution is 2.27. The number of benzene rings is 3. The molecule has 2 amide bonds. The van der Waals surface area contributed by atoms with E-state index >= 15 is 0 Å². The summed E-state index contributed by atoms with van der Waals surface area (Å²) in [7, 11) is -4.11. The number of hydrogen-bond donors (Lipinski definition) is 1. The van der Waals surface area contributed by atoms with Gasteiger partial charge in [-0.1, -0.05) is 72.1 Å². The monoisotopic (exact) mass is 589 g/mol. The molecule has 0 fully saturated rings. The van der Waals surface area contributed by atoms with Gasteiger partial charge in [-0.25, -0.2) is 8.42 Å². The first-order chi connectivity index (χ1) is 18.4. The normalized spacial score (nSPS) is 12.2. The number of anilines is 1. The molecule has 1 atom stereocenters. The number of carbonyl (C=O) groups excluding carboxylic acids is 2. The lowest BCUT2D eigenvalue weighted by Gasteiger charge is -2.33. The van der Waals surface area contributed by atoms with Crippen LogP contribution in [0.4, 0.5) is 5.69 Å². The molecule has 0 spiro atoms. The molecule has 208 valence electrons. The van der Waals surface area contributed by atoms with Gasteiger partial charge in [0.2, 0.25) is 11.8 Å². The van der Waals surface area contributed by atoms with Crippen LogP contribution in [-0.2, 0) is 26.2 Å². The summed E-state index contributed by atoms with van der Waals surface area (Å²) >= 11 is 12.3. The molecule has 0 bridgehead atoms. The van der Waals surface area contributed by atoms with Gasteiger partial charge in [-0.3, -0.25) is 13.9 Å². The van der Waals surface area contributed by atoms with E-state index < -0.39 is 28.5 Å². The summed E-state index contributed by atoms with van der Waals surface area (Å²) in [6, 6.07) is 18.8. The highest BCUT2D eigenvalue weighted by Gasteiger charge is 2.33. The first kappa shape index (κ1) is 30.5. The topological polar surface area (TPSA) is 86.8 Å². The lowest BCUT2D eigenvalue weighted by Crippen LogP contribution is -2.53. The number of sulfonamides is 1. The van der Waals surface area contributed by atoms with Gasteiger partial charge >= 0.3 is 0 Å². The average Bonchev–Trinajstić information content (AvgIpc) is 2.89. The quantitative estimate of drug-likeness (QED) is 0.305. The van der Waals surface area contributed by atoms with Crippen molar-refractivity contribution in [1.29, 1.82) is 0 Å². The largest absolute Gasteiger partial charge is 0.352 e. The van der Waals surface area contributed by atoms with Crippen molar-refractivity contribution in [3.05, 3.63) is 94.0 Å². The second-order valence-corrected chi connectivity index (χ2v) is 12.2. The fourth-order valence-electron chi connectivity index (χ4n) is 4.09. The van der Waals surface area contributed by atoms with Crippen molar-refractivity contribution >= 4 is 50.7 Å². The van der Waals surface area contributed by atoms with Gasteiger partial charge < -0.3 is 10.2 Å². The molecule has 0 aliphatic heterocycles. The van der Waals surface area contributed by atoms with Crippen LogP contribution in [0.15, 0.2) is 77.7 Å². The predicted octanol–water partition coefficient (Wildman–Crippen LogP) is 5.83. The molecule has 3 aromatic carbocycles. The molecule has 0 heterocycles. The van der Waals surface area contributed by atoms with Crippen molar-refractivity contribution in [3.63, 3.8) is 0 Å². The number of nitrogens with zero attached hydrogens (tertiary/aromatic N) is 2. The van der Waals surface area contributed by atoms with Gasteiger partial charge in [-0.15, -0.1) is 0 Å². The summed E-state index contributed by atoms with van der Waals surface area (Å²) in [6.45, 7) is 6.89. The van der Waals surface area contributed by atoms with Crippen LogP contribution < -0.4 is 9.62 Å². The minimum Gasteiger partial charge on any atom is -0.352 e. The fourth-order valence-corrected chi connectivity index (χ4v) is 5.85. The van der Waals surface area contributed by atoms with Crippen molar-refractivity contribution in [2.24, 2.45) is 0 Å². The lowest BCUT2D eigenvalue weighted by molar-refractivity contribution is -0.140. The van der Waals surface area contributed by atoms with E-state index in [1.807, 2.05) is 20.8 Å². The predicted molar refractivity (Wildman–Crippen MR) is 157 cm³/mol. The van der Waals surface area contributed by atoms with Crippen LogP contribution >= 0.6 is 23.2 Å². The van der Waals surface area contributed by atoms with Crippen molar-refractivity contribution < 1.29 is 18.0 Å². The Morgan fingerprint density at radius 3 is 2.13 bits per heavy atom. The van der Waals surface area contributed by atoms with E-state index in [1.54, 1.807) is 67.6 Å². The van der Waals surface area contributed by atoms with E-state index in [9.17, 15) is 18.0 Å². The average molecular weight is 591 g/mol. The zero-order chi connectivity index (χ0) is 28.7. The maximum absolute atomic E-state index is 14.0. The molecule has 0 radical (unpaired) electrons. The lowest BCUT2D eigenvalue weighted by atomic mass is 10.1. The maximum Gasteiger partial charge on any atom is 0.264 e. The van der Waals surface area contributed by atoms with Gasteiger partial charge in [0.25, 0.3) is 10.0 Å². The Kier molecular flexibility index (Phi) is 10.4. The molecule has 0 aliphatic carbocycles. The van der Waals surface area contributed by atoms with E-state index in [2.05, 4.69) is 5.32 Å². The highest BCUT2D eigenvalue weighted by atomic mass is 35.5. The molecule has 3 aromatic rings. The molecule has 0 saturated heterocycles. The fraction of sp³-hybridized carbons (Fsp3) is 0.310. The third-order valence-electron chi connectivity index (χ3n) is 6.09. The summed E-state index contributed by atoms with van der Waals surface area (Å²) in [6.07, 6.45) is 0.321. The first-order valence-electron chi connectivity index (χ1n) is 12.6. The van der Waals surface area contributed by atoms with Gasteiger partial charge in [0.05, 0.1) is 20.6 Å². The summed E-state index contributed by atoms with van der Waals surface area (Å²) in [5, 5.41) is 3.55. The van der Waals surface area contributed by atoms with Crippen molar-refractivity contribution in [2.75, 3.05) is 10.8 Å². The molecule has 0 saturated carbocycles. The molecular formula is C29H33Cl2N3O4S. The Labute approximate surface area is 240 Å². The Morgan fingerprint density at radius 2 is 1.56 bits per heavy atom. The van der Waals surface area contributed by atoms with Crippen molar-refractivity contribution in [3.8, 4) is 0 Å². The van der Waals surface area contributed by atoms with Gasteiger partial charge in [-0.2, -0.15) is 0 Å². The van der Waals surface area contributed by atoms with E-state index in [0.717, 1.165) is 9.87 Å². The van der Waals surface area contributed by atoms with Crippen molar-refractivity contribution in [1.82, 2.24) is 10.2 Å². The maximum atomic E-state index is 14.0. The van der Waals surface area contributed by atoms with E-state index in [4.69, 9.17) is 23.2 Å². The SMILES string of the molecule is CCC(C(=O)NC(C)C)N(Cc1ccc(Cl)c(Cl)c1)C(=O)CN(c1ccc(C)cc1)S(=O)(=O)c1ccccc1. The van der Waals surface area contributed by atoms with Crippen LogP contribution in [-0.4, -0.2) is 43.8 Å². The Hall–Kier alpha value is -3.07. The molecular weight excluding hydrogens is 557 g/mol. The first-order valence-corrected chi connectivity index (χ1v) is 14.8.